The maximum atomic E-state index is 4.62. The van der Waals surface area contributed by atoms with Crippen LogP contribution >= 0.6 is 11.3 Å². The lowest BCUT2D eigenvalue weighted by Crippen LogP contribution is -2.39. The fraction of sp³-hybridized carbons (Fsp3) is 0.562. The Balaban J connectivity index is 1.65. The van der Waals surface area contributed by atoms with Gasteiger partial charge in [-0.1, -0.05) is 13.8 Å². The van der Waals surface area contributed by atoms with Crippen molar-refractivity contribution >= 4 is 27.2 Å². The molecular formula is C16H23N3S. The Hall–Kier alpha value is -1.13. The molecule has 2 aromatic heterocycles. The predicted octanol–water partition coefficient (Wildman–Crippen LogP) is 3.51. The Morgan fingerprint density at radius 2 is 2.15 bits per heavy atom. The minimum atomic E-state index is 0.592. The third kappa shape index (κ3) is 2.96. The topological polar surface area (TPSA) is 28.2 Å². The smallest absolute Gasteiger partial charge is 0.137 e. The maximum Gasteiger partial charge on any atom is 0.137 e. The van der Waals surface area contributed by atoms with Gasteiger partial charge in [0.1, 0.15) is 5.82 Å². The van der Waals surface area contributed by atoms with Crippen LogP contribution in [0.2, 0.25) is 0 Å². The van der Waals surface area contributed by atoms with Gasteiger partial charge in [0, 0.05) is 35.4 Å². The summed E-state index contributed by atoms with van der Waals surface area (Å²) in [5.41, 5.74) is 0. The Labute approximate surface area is 125 Å². The van der Waals surface area contributed by atoms with E-state index >= 15 is 0 Å². The van der Waals surface area contributed by atoms with E-state index in [0.717, 1.165) is 25.6 Å². The quantitative estimate of drug-likeness (QED) is 0.933. The van der Waals surface area contributed by atoms with Gasteiger partial charge in [0.2, 0.25) is 0 Å². The van der Waals surface area contributed by atoms with E-state index in [0.29, 0.717) is 6.04 Å². The Bertz CT molecular complexity index is 556. The molecule has 0 atom stereocenters. The van der Waals surface area contributed by atoms with Gasteiger partial charge in [-0.05, 0) is 42.8 Å². The van der Waals surface area contributed by atoms with Crippen LogP contribution in [0.5, 0.6) is 0 Å². The van der Waals surface area contributed by atoms with Crippen molar-refractivity contribution in [3.05, 3.63) is 23.7 Å². The highest BCUT2D eigenvalue weighted by atomic mass is 32.1. The number of piperidine rings is 1. The minimum absolute atomic E-state index is 0.592. The zero-order valence-corrected chi connectivity index (χ0v) is 13.1. The second kappa shape index (κ2) is 6.10. The van der Waals surface area contributed by atoms with Crippen LogP contribution in [-0.4, -0.2) is 30.7 Å². The number of nitrogens with one attached hydrogen (secondary N) is 1. The summed E-state index contributed by atoms with van der Waals surface area (Å²) in [5.74, 6) is 1.99. The van der Waals surface area contributed by atoms with E-state index in [1.807, 2.05) is 6.20 Å². The van der Waals surface area contributed by atoms with E-state index in [2.05, 4.69) is 46.6 Å². The van der Waals surface area contributed by atoms with E-state index in [1.165, 1.54) is 28.7 Å². The standard InChI is InChI=1S/C16H23N3S/c1-12(2)18-11-13-4-8-19(9-5-13)16-14-6-10-20-15(14)3-7-17-16/h3,6-7,10,12-13,18H,4-5,8-9,11H2,1-2H3. The van der Waals surface area contributed by atoms with Crippen LogP contribution in [0, 0.1) is 5.92 Å². The molecule has 0 saturated carbocycles. The number of rotatable bonds is 4. The second-order valence-corrected chi connectivity index (χ2v) is 6.91. The summed E-state index contributed by atoms with van der Waals surface area (Å²) < 4.78 is 1.35. The number of thiophene rings is 1. The first kappa shape index (κ1) is 13.8. The van der Waals surface area contributed by atoms with Crippen molar-refractivity contribution in [2.45, 2.75) is 32.7 Å². The van der Waals surface area contributed by atoms with Crippen molar-refractivity contribution in [1.29, 1.82) is 0 Å². The summed E-state index contributed by atoms with van der Waals surface area (Å²) in [6.07, 6.45) is 4.48. The molecule has 0 spiro atoms. The minimum Gasteiger partial charge on any atom is -0.356 e. The van der Waals surface area contributed by atoms with Crippen molar-refractivity contribution in [1.82, 2.24) is 10.3 Å². The van der Waals surface area contributed by atoms with Gasteiger partial charge in [-0.2, -0.15) is 0 Å². The van der Waals surface area contributed by atoms with Crippen LogP contribution < -0.4 is 10.2 Å². The van der Waals surface area contributed by atoms with E-state index in [9.17, 15) is 0 Å². The van der Waals surface area contributed by atoms with Gasteiger partial charge in [-0.25, -0.2) is 4.98 Å². The molecular weight excluding hydrogens is 266 g/mol. The van der Waals surface area contributed by atoms with Crippen LogP contribution in [0.4, 0.5) is 5.82 Å². The average molecular weight is 289 g/mol. The highest BCUT2D eigenvalue weighted by Gasteiger charge is 2.21. The Morgan fingerprint density at radius 1 is 1.35 bits per heavy atom. The molecule has 108 valence electrons. The van der Waals surface area contributed by atoms with Crippen LogP contribution in [-0.2, 0) is 0 Å². The number of pyridine rings is 1. The lowest BCUT2D eigenvalue weighted by atomic mass is 9.96. The van der Waals surface area contributed by atoms with Gasteiger partial charge in [-0.15, -0.1) is 11.3 Å². The van der Waals surface area contributed by atoms with Gasteiger partial charge >= 0.3 is 0 Å². The molecule has 1 fully saturated rings. The zero-order valence-electron chi connectivity index (χ0n) is 12.3. The first-order valence-corrected chi connectivity index (χ1v) is 8.42. The van der Waals surface area contributed by atoms with E-state index < -0.39 is 0 Å². The monoisotopic (exact) mass is 289 g/mol. The van der Waals surface area contributed by atoms with Crippen molar-refractivity contribution in [3.8, 4) is 0 Å². The van der Waals surface area contributed by atoms with Crippen molar-refractivity contribution in [2.75, 3.05) is 24.5 Å². The molecule has 0 unspecified atom stereocenters. The molecule has 1 aliphatic heterocycles. The molecule has 2 aromatic rings. The summed E-state index contributed by atoms with van der Waals surface area (Å²) in [4.78, 5) is 7.08. The molecule has 0 amide bonds. The second-order valence-electron chi connectivity index (χ2n) is 5.96. The maximum absolute atomic E-state index is 4.62. The fourth-order valence-corrected chi connectivity index (χ4v) is 3.66. The summed E-state index contributed by atoms with van der Waals surface area (Å²) in [7, 11) is 0. The van der Waals surface area contributed by atoms with Crippen LogP contribution in [0.25, 0.3) is 10.1 Å². The van der Waals surface area contributed by atoms with Gasteiger partial charge in [0.25, 0.3) is 0 Å². The largest absolute Gasteiger partial charge is 0.356 e. The SMILES string of the molecule is CC(C)NCC1CCN(c2nccc3sccc23)CC1. The molecule has 1 aliphatic rings. The summed E-state index contributed by atoms with van der Waals surface area (Å²) in [5, 5.41) is 7.04. The van der Waals surface area contributed by atoms with Crippen LogP contribution in [0.1, 0.15) is 26.7 Å². The third-order valence-electron chi connectivity index (χ3n) is 4.09. The number of aromatic nitrogens is 1. The zero-order chi connectivity index (χ0) is 13.9. The van der Waals surface area contributed by atoms with Crippen molar-refractivity contribution in [3.63, 3.8) is 0 Å². The van der Waals surface area contributed by atoms with Gasteiger partial charge in [-0.3, -0.25) is 0 Å². The van der Waals surface area contributed by atoms with E-state index in [4.69, 9.17) is 0 Å². The van der Waals surface area contributed by atoms with E-state index in [-0.39, 0.29) is 0 Å². The molecule has 20 heavy (non-hydrogen) atoms. The molecule has 0 aromatic carbocycles. The number of fused-ring (bicyclic) bond motifs is 1. The first-order chi connectivity index (χ1) is 9.74. The molecule has 1 N–H and O–H groups in total. The average Bonchev–Trinajstić information content (AvgIpc) is 2.94. The molecule has 0 bridgehead atoms. The molecule has 0 aliphatic carbocycles. The molecule has 1 saturated heterocycles. The van der Waals surface area contributed by atoms with Crippen molar-refractivity contribution < 1.29 is 0 Å². The van der Waals surface area contributed by atoms with Gasteiger partial charge in [0.15, 0.2) is 0 Å². The summed E-state index contributed by atoms with van der Waals surface area (Å²) in [6.45, 7) is 7.85. The fourth-order valence-electron chi connectivity index (χ4n) is 2.88. The Kier molecular flexibility index (Phi) is 4.22. The molecule has 3 rings (SSSR count). The lowest BCUT2D eigenvalue weighted by molar-refractivity contribution is 0.370. The number of anilines is 1. The normalized spacial score (nSPS) is 17.2. The van der Waals surface area contributed by atoms with Crippen molar-refractivity contribution in [2.24, 2.45) is 5.92 Å². The predicted molar refractivity (Wildman–Crippen MR) is 87.7 cm³/mol. The highest BCUT2D eigenvalue weighted by Crippen LogP contribution is 2.30. The van der Waals surface area contributed by atoms with Gasteiger partial charge in [0.05, 0.1) is 0 Å². The van der Waals surface area contributed by atoms with Gasteiger partial charge < -0.3 is 10.2 Å². The summed E-state index contributed by atoms with van der Waals surface area (Å²) >= 11 is 1.80. The highest BCUT2D eigenvalue weighted by molar-refractivity contribution is 7.17. The van der Waals surface area contributed by atoms with Crippen LogP contribution in [0.15, 0.2) is 23.7 Å². The van der Waals surface area contributed by atoms with E-state index in [1.54, 1.807) is 11.3 Å². The van der Waals surface area contributed by atoms with Crippen LogP contribution in [0.3, 0.4) is 0 Å². The summed E-state index contributed by atoms with van der Waals surface area (Å²) in [6, 6.07) is 4.91. The molecule has 4 heteroatoms. The number of nitrogens with zero attached hydrogens (tertiary/aromatic N) is 2. The molecule has 0 radical (unpaired) electrons. The Morgan fingerprint density at radius 3 is 2.90 bits per heavy atom. The third-order valence-corrected chi connectivity index (χ3v) is 4.97. The molecule has 3 nitrogen and oxygen atoms in total. The number of hydrogen-bond acceptors (Lipinski definition) is 4. The molecule has 3 heterocycles. The lowest BCUT2D eigenvalue weighted by Gasteiger charge is -2.33. The number of hydrogen-bond donors (Lipinski definition) is 1. The first-order valence-electron chi connectivity index (χ1n) is 7.54.